The largest absolute Gasteiger partial charge is 0.451 e. The van der Waals surface area contributed by atoms with E-state index in [1.807, 2.05) is 6.07 Å². The SMILES string of the molecule is Cc1cc(Oc2ccc(C(=O)N[C@H](CO)C(=O)N3C(C(C)(C)C#N)CC[C@H]3c3cccc(Cl)c3)cc2C)c(=O)[nH]n1. The highest BCUT2D eigenvalue weighted by atomic mass is 35.5. The third-order valence-corrected chi connectivity index (χ3v) is 7.57. The topological polar surface area (TPSA) is 148 Å². The van der Waals surface area contributed by atoms with Crippen molar-refractivity contribution < 1.29 is 19.4 Å². The number of halogens is 1. The first-order valence-corrected chi connectivity index (χ1v) is 13.6. The molecule has 3 atom stereocenters. The molecule has 2 heterocycles. The van der Waals surface area contributed by atoms with Crippen LogP contribution >= 0.6 is 11.6 Å². The number of ether oxygens (including phenoxy) is 1. The summed E-state index contributed by atoms with van der Waals surface area (Å²) >= 11 is 6.23. The van der Waals surface area contributed by atoms with Crippen LogP contribution in [0.3, 0.4) is 0 Å². The van der Waals surface area contributed by atoms with Gasteiger partial charge in [-0.1, -0.05) is 23.7 Å². The van der Waals surface area contributed by atoms with Gasteiger partial charge in [-0.05, 0) is 82.0 Å². The van der Waals surface area contributed by atoms with Gasteiger partial charge in [0.2, 0.25) is 5.91 Å². The molecule has 2 aromatic carbocycles. The van der Waals surface area contributed by atoms with Crippen LogP contribution in [0.5, 0.6) is 11.5 Å². The van der Waals surface area contributed by atoms with Crippen LogP contribution in [0.15, 0.2) is 53.3 Å². The van der Waals surface area contributed by atoms with Gasteiger partial charge in [-0.3, -0.25) is 14.4 Å². The molecular formula is C30H32ClN5O5. The summed E-state index contributed by atoms with van der Waals surface area (Å²) in [4.78, 5) is 40.8. The number of benzene rings is 2. The van der Waals surface area contributed by atoms with E-state index in [1.54, 1.807) is 62.9 Å². The molecule has 1 aliphatic rings. The second kappa shape index (κ2) is 12.1. The Hall–Kier alpha value is -4.20. The smallest absolute Gasteiger partial charge is 0.307 e. The van der Waals surface area contributed by atoms with Crippen molar-refractivity contribution in [1.29, 1.82) is 5.26 Å². The van der Waals surface area contributed by atoms with Gasteiger partial charge in [-0.25, -0.2) is 5.10 Å². The van der Waals surface area contributed by atoms with Crippen LogP contribution in [0.2, 0.25) is 5.02 Å². The highest BCUT2D eigenvalue weighted by Gasteiger charge is 2.47. The number of aromatic nitrogens is 2. The molecular weight excluding hydrogens is 546 g/mol. The van der Waals surface area contributed by atoms with Gasteiger partial charge in [0.15, 0.2) is 5.75 Å². The second-order valence-corrected chi connectivity index (χ2v) is 11.2. The van der Waals surface area contributed by atoms with E-state index < -0.39 is 41.5 Å². The molecule has 3 aromatic rings. The molecule has 10 nitrogen and oxygen atoms in total. The number of hydrogen-bond acceptors (Lipinski definition) is 7. The van der Waals surface area contributed by atoms with Gasteiger partial charge < -0.3 is 20.1 Å². The second-order valence-electron chi connectivity index (χ2n) is 10.7. The van der Waals surface area contributed by atoms with Gasteiger partial charge >= 0.3 is 5.56 Å². The van der Waals surface area contributed by atoms with E-state index in [4.69, 9.17) is 16.3 Å². The number of carbonyl (C=O) groups is 2. The standard InChI is InChI=1S/C30H32ClN5O5/c1-17-12-20(8-10-24(17)41-25-13-18(2)34-35-28(25)39)27(38)33-22(15-37)29(40)36-23(19-6-5-7-21(31)14-19)9-11-26(36)30(3,4)16-32/h5-8,10,12-14,22-23,26,37H,9,11,15H2,1-4H3,(H,33,38)(H,35,39)/t22-,23+,26?/m1/s1. The van der Waals surface area contributed by atoms with Crippen molar-refractivity contribution >= 4 is 23.4 Å². The van der Waals surface area contributed by atoms with Crippen molar-refractivity contribution in [2.75, 3.05) is 6.61 Å². The lowest BCUT2D eigenvalue weighted by atomic mass is 9.84. The Labute approximate surface area is 242 Å². The van der Waals surface area contributed by atoms with Gasteiger partial charge in [0, 0.05) is 16.7 Å². The average Bonchev–Trinajstić information content (AvgIpc) is 3.40. The summed E-state index contributed by atoms with van der Waals surface area (Å²) in [6.45, 7) is 6.35. The van der Waals surface area contributed by atoms with Gasteiger partial charge in [-0.15, -0.1) is 0 Å². The molecule has 0 aliphatic carbocycles. The molecule has 1 saturated heterocycles. The van der Waals surface area contributed by atoms with Crippen LogP contribution in [0, 0.1) is 30.6 Å². The number of H-pyrrole nitrogens is 1. The van der Waals surface area contributed by atoms with Crippen molar-refractivity contribution in [3.63, 3.8) is 0 Å². The third kappa shape index (κ3) is 6.42. The minimum atomic E-state index is -1.24. The van der Waals surface area contributed by atoms with E-state index in [-0.39, 0.29) is 17.4 Å². The zero-order valence-corrected chi connectivity index (χ0v) is 24.0. The van der Waals surface area contributed by atoms with Gasteiger partial charge in [0.05, 0.1) is 35.9 Å². The fraction of sp³-hybridized carbons (Fsp3) is 0.367. The number of carbonyl (C=O) groups excluding carboxylic acids is 2. The van der Waals surface area contributed by atoms with E-state index in [2.05, 4.69) is 21.6 Å². The van der Waals surface area contributed by atoms with Crippen molar-refractivity contribution in [3.05, 3.63) is 86.3 Å². The van der Waals surface area contributed by atoms with E-state index in [0.717, 1.165) is 5.56 Å². The Morgan fingerprint density at radius 1 is 1.22 bits per heavy atom. The lowest BCUT2D eigenvalue weighted by molar-refractivity contribution is -0.139. The zero-order valence-electron chi connectivity index (χ0n) is 23.3. The Morgan fingerprint density at radius 3 is 2.63 bits per heavy atom. The Balaban J connectivity index is 1.57. The predicted octanol–water partition coefficient (Wildman–Crippen LogP) is 4.21. The normalized spacial score (nSPS) is 17.5. The quantitative estimate of drug-likeness (QED) is 0.363. The minimum absolute atomic E-state index is 0.0680. The fourth-order valence-corrected chi connectivity index (χ4v) is 5.33. The summed E-state index contributed by atoms with van der Waals surface area (Å²) in [5, 5.41) is 29.4. The monoisotopic (exact) mass is 577 g/mol. The number of nitriles is 1. The number of aliphatic hydroxyl groups is 1. The van der Waals surface area contributed by atoms with Crippen LogP contribution in [0.4, 0.5) is 0 Å². The summed E-state index contributed by atoms with van der Waals surface area (Å²) in [7, 11) is 0. The Kier molecular flexibility index (Phi) is 8.80. The van der Waals surface area contributed by atoms with E-state index in [9.17, 15) is 24.8 Å². The van der Waals surface area contributed by atoms with Gasteiger partial charge in [-0.2, -0.15) is 10.4 Å². The lowest BCUT2D eigenvalue weighted by Crippen LogP contribution is -2.54. The van der Waals surface area contributed by atoms with Crippen molar-refractivity contribution in [2.45, 2.75) is 58.7 Å². The summed E-state index contributed by atoms with van der Waals surface area (Å²) in [5.74, 6) is -0.617. The third-order valence-electron chi connectivity index (χ3n) is 7.33. The van der Waals surface area contributed by atoms with Crippen molar-refractivity contribution in [2.24, 2.45) is 5.41 Å². The summed E-state index contributed by atoms with van der Waals surface area (Å²) in [6, 6.07) is 13.6. The van der Waals surface area contributed by atoms with Crippen LogP contribution < -0.4 is 15.6 Å². The Bertz CT molecular complexity index is 1560. The molecule has 214 valence electrons. The van der Waals surface area contributed by atoms with Crippen LogP contribution in [-0.4, -0.2) is 50.7 Å². The molecule has 1 aromatic heterocycles. The number of rotatable bonds is 8. The molecule has 0 spiro atoms. The van der Waals surface area contributed by atoms with Crippen LogP contribution in [0.25, 0.3) is 0 Å². The molecule has 0 radical (unpaired) electrons. The Morgan fingerprint density at radius 2 is 1.98 bits per heavy atom. The molecule has 11 heteroatoms. The number of likely N-dealkylation sites (tertiary alicyclic amines) is 1. The van der Waals surface area contributed by atoms with E-state index in [1.165, 1.54) is 12.1 Å². The molecule has 2 amide bonds. The minimum Gasteiger partial charge on any atom is -0.451 e. The molecule has 1 aliphatic heterocycles. The first-order chi connectivity index (χ1) is 19.4. The lowest BCUT2D eigenvalue weighted by Gasteiger charge is -2.38. The maximum atomic E-state index is 13.9. The number of amides is 2. The van der Waals surface area contributed by atoms with E-state index in [0.29, 0.717) is 34.9 Å². The highest BCUT2D eigenvalue weighted by molar-refractivity contribution is 6.30. The van der Waals surface area contributed by atoms with Gasteiger partial charge in [0.25, 0.3) is 5.91 Å². The van der Waals surface area contributed by atoms with E-state index >= 15 is 0 Å². The van der Waals surface area contributed by atoms with Crippen molar-refractivity contribution in [3.8, 4) is 17.6 Å². The molecule has 0 saturated carbocycles. The molecule has 1 unspecified atom stereocenters. The number of nitrogens with one attached hydrogen (secondary N) is 2. The molecule has 41 heavy (non-hydrogen) atoms. The maximum absolute atomic E-state index is 13.9. The van der Waals surface area contributed by atoms with Crippen LogP contribution in [-0.2, 0) is 4.79 Å². The van der Waals surface area contributed by atoms with Crippen molar-refractivity contribution in [1.82, 2.24) is 20.4 Å². The predicted molar refractivity (Wildman–Crippen MR) is 153 cm³/mol. The summed E-state index contributed by atoms with van der Waals surface area (Å²) < 4.78 is 5.73. The number of aromatic amines is 1. The van der Waals surface area contributed by atoms with Gasteiger partial charge in [0.1, 0.15) is 11.8 Å². The summed E-state index contributed by atoms with van der Waals surface area (Å²) in [6.07, 6.45) is 1.19. The zero-order chi connectivity index (χ0) is 29.9. The fourth-order valence-electron chi connectivity index (χ4n) is 5.13. The first kappa shape index (κ1) is 29.8. The van der Waals surface area contributed by atoms with Crippen LogP contribution in [0.1, 0.15) is 59.9 Å². The first-order valence-electron chi connectivity index (χ1n) is 13.2. The molecule has 4 rings (SSSR count). The summed E-state index contributed by atoms with van der Waals surface area (Å²) in [5.41, 5.74) is 0.854. The molecule has 1 fully saturated rings. The number of aliphatic hydroxyl groups excluding tert-OH is 1. The highest BCUT2D eigenvalue weighted by Crippen LogP contribution is 2.43. The number of hydrogen-bond donors (Lipinski definition) is 3. The average molecular weight is 578 g/mol. The number of nitrogens with zero attached hydrogens (tertiary/aromatic N) is 3. The number of aryl methyl sites for hydroxylation is 2. The maximum Gasteiger partial charge on any atom is 0.307 e. The molecule has 3 N–H and O–H groups in total. The molecule has 0 bridgehead atoms.